The van der Waals surface area contributed by atoms with Gasteiger partial charge < -0.3 is 11.1 Å². The molecule has 0 aromatic carbocycles. The molecule has 2 amide bonds. The highest BCUT2D eigenvalue weighted by Gasteiger charge is 2.38. The minimum Gasteiger partial charge on any atom is -0.365 e. The van der Waals surface area contributed by atoms with Crippen LogP contribution in [0, 0.1) is 6.92 Å². The number of carbonyl (C=O) groups excluding carboxylic acids is 2. The molecule has 1 saturated carbocycles. The predicted octanol–water partition coefficient (Wildman–Crippen LogP) is 5.53. The van der Waals surface area contributed by atoms with Gasteiger partial charge in [0, 0.05) is 11.8 Å². The maximum atomic E-state index is 13.3. The molecule has 0 saturated heterocycles. The molecule has 1 aliphatic carbocycles. The summed E-state index contributed by atoms with van der Waals surface area (Å²) < 4.78 is 66.7. The number of carbonyl (C=O) groups is 2. The zero-order valence-electron chi connectivity index (χ0n) is 17.5. The highest BCUT2D eigenvalue weighted by molar-refractivity contribution is 9.10. The van der Waals surface area contributed by atoms with Crippen LogP contribution in [0.25, 0.3) is 10.2 Å². The van der Waals surface area contributed by atoms with Crippen LogP contribution < -0.4 is 11.1 Å². The summed E-state index contributed by atoms with van der Waals surface area (Å²) in [6.07, 6.45) is -6.19. The molecule has 0 atom stereocenters. The van der Waals surface area contributed by atoms with E-state index in [1.165, 1.54) is 13.0 Å². The fraction of sp³-hybridized carbons (Fsp3) is 0.400. The van der Waals surface area contributed by atoms with E-state index in [0.29, 0.717) is 10.9 Å². The van der Waals surface area contributed by atoms with E-state index in [2.05, 4.69) is 31.3 Å². The Hall–Kier alpha value is -2.61. The summed E-state index contributed by atoms with van der Waals surface area (Å²) in [5.41, 5.74) is 4.77. The van der Waals surface area contributed by atoms with Crippen molar-refractivity contribution in [2.75, 3.05) is 5.32 Å². The largest absolute Gasteiger partial charge is 0.436 e. The number of anilines is 1. The molecule has 3 heterocycles. The van der Waals surface area contributed by atoms with Crippen LogP contribution in [-0.2, 0) is 17.5 Å². The van der Waals surface area contributed by atoms with E-state index in [4.69, 9.17) is 5.73 Å². The molecule has 14 heteroatoms. The molecule has 1 fully saturated rings. The SMILES string of the molecule is Cc1c(Br)c(C(F)(F)F)nn1CCC(=O)Nc1c(C(N)=O)sc2nc(C(F)F)cc(C3CC3)c12. The molecule has 0 radical (unpaired) electrons. The van der Waals surface area contributed by atoms with Crippen molar-refractivity contribution in [2.45, 2.75) is 51.3 Å². The van der Waals surface area contributed by atoms with Crippen molar-refractivity contribution in [1.82, 2.24) is 14.8 Å². The summed E-state index contributed by atoms with van der Waals surface area (Å²) in [5, 5.41) is 6.51. The lowest BCUT2D eigenvalue weighted by Crippen LogP contribution is -2.19. The number of nitrogens with two attached hydrogens (primary N) is 1. The first-order valence-corrected chi connectivity index (χ1v) is 11.6. The van der Waals surface area contributed by atoms with E-state index >= 15 is 0 Å². The summed E-state index contributed by atoms with van der Waals surface area (Å²) in [7, 11) is 0. The number of hydrogen-bond acceptors (Lipinski definition) is 5. The Morgan fingerprint density at radius 3 is 2.56 bits per heavy atom. The van der Waals surface area contributed by atoms with Crippen molar-refractivity contribution >= 4 is 55.0 Å². The van der Waals surface area contributed by atoms with Crippen molar-refractivity contribution in [3.8, 4) is 0 Å². The van der Waals surface area contributed by atoms with Gasteiger partial charge in [-0.3, -0.25) is 14.3 Å². The topological polar surface area (TPSA) is 103 Å². The molecule has 1 aliphatic rings. The molecule has 0 bridgehead atoms. The van der Waals surface area contributed by atoms with E-state index in [1.807, 2.05) is 0 Å². The molecule has 182 valence electrons. The van der Waals surface area contributed by atoms with Gasteiger partial charge in [-0.25, -0.2) is 13.8 Å². The Kier molecular flexibility index (Phi) is 6.40. The van der Waals surface area contributed by atoms with Crippen molar-refractivity contribution in [3.05, 3.63) is 38.1 Å². The fourth-order valence-electron chi connectivity index (χ4n) is 3.60. The van der Waals surface area contributed by atoms with Gasteiger partial charge in [-0.05, 0) is 53.2 Å². The van der Waals surface area contributed by atoms with Gasteiger partial charge in [0.1, 0.15) is 15.4 Å². The summed E-state index contributed by atoms with van der Waals surface area (Å²) in [6.45, 7) is 1.26. The van der Waals surface area contributed by atoms with E-state index in [-0.39, 0.29) is 44.4 Å². The van der Waals surface area contributed by atoms with E-state index in [9.17, 15) is 31.5 Å². The lowest BCUT2D eigenvalue weighted by molar-refractivity contribution is -0.142. The van der Waals surface area contributed by atoms with Gasteiger partial charge in [-0.15, -0.1) is 11.3 Å². The van der Waals surface area contributed by atoms with Gasteiger partial charge in [-0.2, -0.15) is 18.3 Å². The minimum atomic E-state index is -4.66. The van der Waals surface area contributed by atoms with Gasteiger partial charge in [0.2, 0.25) is 5.91 Å². The van der Waals surface area contributed by atoms with Crippen LogP contribution in [0.1, 0.15) is 63.9 Å². The maximum absolute atomic E-state index is 13.3. The number of amides is 2. The lowest BCUT2D eigenvalue weighted by Gasteiger charge is -2.10. The zero-order chi connectivity index (χ0) is 24.9. The normalized spacial score (nSPS) is 14.2. The van der Waals surface area contributed by atoms with Gasteiger partial charge in [0.05, 0.1) is 22.4 Å². The Bertz CT molecular complexity index is 1300. The standard InChI is InChI=1S/C20H17BrF5N5O2S/c1-7-13(21)16(20(24,25)26)30-31(7)5-4-11(32)29-14-12-9(8-2-3-8)6-10(17(22)23)28-19(12)34-15(14)18(27)33/h6,8,17H,2-5H2,1H3,(H2,27,33)(H,29,32). The highest BCUT2D eigenvalue weighted by Crippen LogP contribution is 2.48. The molecule has 7 nitrogen and oxygen atoms in total. The molecule has 0 spiro atoms. The number of aromatic nitrogens is 3. The number of fused-ring (bicyclic) bond motifs is 1. The van der Waals surface area contributed by atoms with Gasteiger partial charge in [0.15, 0.2) is 5.69 Å². The molecule has 0 aliphatic heterocycles. The van der Waals surface area contributed by atoms with Crippen LogP contribution in [0.2, 0.25) is 0 Å². The first-order chi connectivity index (χ1) is 15.9. The Labute approximate surface area is 201 Å². The summed E-state index contributed by atoms with van der Waals surface area (Å²) in [4.78, 5) is 28.8. The number of pyridine rings is 1. The summed E-state index contributed by atoms with van der Waals surface area (Å²) >= 11 is 3.68. The average Bonchev–Trinajstić information content (AvgIpc) is 3.47. The molecule has 34 heavy (non-hydrogen) atoms. The number of hydrogen-bond donors (Lipinski definition) is 2. The average molecular weight is 566 g/mol. The first kappa shape index (κ1) is 24.5. The molecular formula is C20H17BrF5N5O2S. The highest BCUT2D eigenvalue weighted by atomic mass is 79.9. The zero-order valence-corrected chi connectivity index (χ0v) is 19.9. The number of aryl methyl sites for hydroxylation is 1. The third-order valence-electron chi connectivity index (χ3n) is 5.39. The van der Waals surface area contributed by atoms with Crippen LogP contribution in [0.3, 0.4) is 0 Å². The molecule has 3 N–H and O–H groups in total. The first-order valence-electron chi connectivity index (χ1n) is 10.0. The third kappa shape index (κ3) is 4.65. The summed E-state index contributed by atoms with van der Waals surface area (Å²) in [5.74, 6) is -1.47. The number of thiophene rings is 1. The number of primary amides is 1. The van der Waals surface area contributed by atoms with Crippen LogP contribution in [-0.4, -0.2) is 26.6 Å². The van der Waals surface area contributed by atoms with Crippen LogP contribution in [0.4, 0.5) is 27.6 Å². The van der Waals surface area contributed by atoms with Gasteiger partial charge in [0.25, 0.3) is 12.3 Å². The smallest absolute Gasteiger partial charge is 0.365 e. The fourth-order valence-corrected chi connectivity index (χ4v) is 5.13. The second-order valence-electron chi connectivity index (χ2n) is 7.83. The monoisotopic (exact) mass is 565 g/mol. The molecule has 3 aromatic rings. The Morgan fingerprint density at radius 2 is 2.03 bits per heavy atom. The summed E-state index contributed by atoms with van der Waals surface area (Å²) in [6, 6.07) is 1.28. The second-order valence-corrected chi connectivity index (χ2v) is 9.62. The number of rotatable bonds is 7. The van der Waals surface area contributed by atoms with Crippen LogP contribution in [0.5, 0.6) is 0 Å². The Balaban J connectivity index is 1.64. The lowest BCUT2D eigenvalue weighted by atomic mass is 10.0. The molecular weight excluding hydrogens is 549 g/mol. The van der Waals surface area contributed by atoms with Crippen LogP contribution >= 0.6 is 27.3 Å². The molecule has 0 unspecified atom stereocenters. The predicted molar refractivity (Wildman–Crippen MR) is 118 cm³/mol. The van der Waals surface area contributed by atoms with Crippen molar-refractivity contribution in [1.29, 1.82) is 0 Å². The van der Waals surface area contributed by atoms with Crippen molar-refractivity contribution in [2.24, 2.45) is 5.73 Å². The minimum absolute atomic E-state index is 0.00107. The van der Waals surface area contributed by atoms with E-state index in [1.54, 1.807) is 0 Å². The second kappa shape index (κ2) is 8.87. The number of nitrogens with zero attached hydrogens (tertiary/aromatic N) is 3. The number of alkyl halides is 5. The van der Waals surface area contributed by atoms with Crippen molar-refractivity contribution in [3.63, 3.8) is 0 Å². The molecule has 3 aromatic heterocycles. The molecule has 4 rings (SSSR count). The van der Waals surface area contributed by atoms with Crippen LogP contribution in [0.15, 0.2) is 10.5 Å². The van der Waals surface area contributed by atoms with Crippen molar-refractivity contribution < 1.29 is 31.5 Å². The van der Waals surface area contributed by atoms with Gasteiger partial charge >= 0.3 is 6.18 Å². The van der Waals surface area contributed by atoms with Gasteiger partial charge in [-0.1, -0.05) is 0 Å². The van der Waals surface area contributed by atoms with E-state index in [0.717, 1.165) is 28.9 Å². The van der Waals surface area contributed by atoms with E-state index < -0.39 is 35.8 Å². The quantitative estimate of drug-likeness (QED) is 0.368. The Morgan fingerprint density at radius 1 is 1.35 bits per heavy atom. The third-order valence-corrected chi connectivity index (χ3v) is 7.44. The number of nitrogens with one attached hydrogen (secondary N) is 1. The maximum Gasteiger partial charge on any atom is 0.436 e. The number of halogens is 6.